The number of hydrogen-bond acceptors (Lipinski definition) is 5. The molecule has 2 atom stereocenters. The van der Waals surface area contributed by atoms with Crippen LogP contribution in [0, 0.1) is 0 Å². The molecule has 4 nitrogen and oxygen atoms in total. The maximum atomic E-state index is 12.1. The standard InChI is InChI=1S/C15H21N3OS2/c1-4-5-9(2)17-14(19)10(3)20-15-18-12-7-6-11(16)8-13(12)21-15/h6-10H,4-5,16H2,1-3H3,(H,17,19). The van der Waals surface area contributed by atoms with Crippen LogP contribution in [0.15, 0.2) is 22.5 Å². The lowest BCUT2D eigenvalue weighted by Gasteiger charge is -2.15. The average molecular weight is 323 g/mol. The van der Waals surface area contributed by atoms with Crippen LogP contribution in [-0.2, 0) is 4.79 Å². The minimum absolute atomic E-state index is 0.0692. The second-order valence-electron chi connectivity index (χ2n) is 5.17. The number of thioether (sulfide) groups is 1. The van der Waals surface area contributed by atoms with E-state index in [4.69, 9.17) is 5.73 Å². The largest absolute Gasteiger partial charge is 0.399 e. The Balaban J connectivity index is 2.00. The van der Waals surface area contributed by atoms with Crippen LogP contribution in [0.5, 0.6) is 0 Å². The maximum Gasteiger partial charge on any atom is 0.233 e. The molecule has 2 unspecified atom stereocenters. The second-order valence-corrected chi connectivity index (χ2v) is 7.78. The number of carbonyl (C=O) groups excluding carboxylic acids is 1. The summed E-state index contributed by atoms with van der Waals surface area (Å²) < 4.78 is 1.96. The molecule has 0 saturated heterocycles. The van der Waals surface area contributed by atoms with Crippen molar-refractivity contribution in [3.63, 3.8) is 0 Å². The Kier molecular flexibility index (Phi) is 5.47. The van der Waals surface area contributed by atoms with Crippen molar-refractivity contribution in [2.24, 2.45) is 0 Å². The number of aromatic nitrogens is 1. The fourth-order valence-corrected chi connectivity index (χ4v) is 4.31. The number of nitrogens with zero attached hydrogens (tertiary/aromatic N) is 1. The van der Waals surface area contributed by atoms with E-state index in [0.29, 0.717) is 0 Å². The monoisotopic (exact) mass is 323 g/mol. The van der Waals surface area contributed by atoms with Crippen molar-refractivity contribution >= 4 is 44.9 Å². The van der Waals surface area contributed by atoms with E-state index in [1.807, 2.05) is 32.0 Å². The van der Waals surface area contributed by atoms with Crippen LogP contribution in [-0.4, -0.2) is 22.2 Å². The number of nitrogens with two attached hydrogens (primary N) is 1. The first-order valence-electron chi connectivity index (χ1n) is 7.12. The lowest BCUT2D eigenvalue weighted by Crippen LogP contribution is -2.37. The summed E-state index contributed by atoms with van der Waals surface area (Å²) in [6.45, 7) is 6.08. The van der Waals surface area contributed by atoms with Crippen LogP contribution in [0.3, 0.4) is 0 Å². The highest BCUT2D eigenvalue weighted by Gasteiger charge is 2.18. The summed E-state index contributed by atoms with van der Waals surface area (Å²) in [5, 5.41) is 2.89. The lowest BCUT2D eigenvalue weighted by molar-refractivity contribution is -0.120. The van der Waals surface area contributed by atoms with Gasteiger partial charge < -0.3 is 11.1 Å². The van der Waals surface area contributed by atoms with Crippen LogP contribution < -0.4 is 11.1 Å². The molecule has 0 aliphatic rings. The normalized spacial score (nSPS) is 14.0. The highest BCUT2D eigenvalue weighted by Crippen LogP contribution is 2.32. The molecule has 0 fully saturated rings. The van der Waals surface area contributed by atoms with Gasteiger partial charge in [0.1, 0.15) is 0 Å². The van der Waals surface area contributed by atoms with Crippen molar-refractivity contribution < 1.29 is 4.79 Å². The van der Waals surface area contributed by atoms with E-state index in [0.717, 1.165) is 33.1 Å². The van der Waals surface area contributed by atoms with Gasteiger partial charge in [0.05, 0.1) is 15.5 Å². The molecule has 114 valence electrons. The molecular formula is C15H21N3OS2. The topological polar surface area (TPSA) is 68.0 Å². The van der Waals surface area contributed by atoms with Gasteiger partial charge in [0.15, 0.2) is 4.34 Å². The van der Waals surface area contributed by atoms with Crippen molar-refractivity contribution in [3.05, 3.63) is 18.2 Å². The van der Waals surface area contributed by atoms with Crippen LogP contribution in [0.2, 0.25) is 0 Å². The molecule has 1 aromatic carbocycles. The van der Waals surface area contributed by atoms with Crippen molar-refractivity contribution in [1.82, 2.24) is 10.3 Å². The van der Waals surface area contributed by atoms with E-state index >= 15 is 0 Å². The van der Waals surface area contributed by atoms with Gasteiger partial charge in [0, 0.05) is 11.7 Å². The first-order chi connectivity index (χ1) is 9.99. The molecule has 0 aliphatic heterocycles. The van der Waals surface area contributed by atoms with Crippen LogP contribution in [0.1, 0.15) is 33.6 Å². The van der Waals surface area contributed by atoms with Crippen LogP contribution in [0.25, 0.3) is 10.2 Å². The van der Waals surface area contributed by atoms with Gasteiger partial charge in [-0.05, 0) is 38.5 Å². The zero-order valence-corrected chi connectivity index (χ0v) is 14.2. The molecule has 21 heavy (non-hydrogen) atoms. The summed E-state index contributed by atoms with van der Waals surface area (Å²) in [4.78, 5) is 16.7. The molecule has 0 bridgehead atoms. The molecule has 2 rings (SSSR count). The van der Waals surface area contributed by atoms with Gasteiger partial charge in [-0.2, -0.15) is 0 Å². The third-order valence-corrected chi connectivity index (χ3v) is 5.36. The van der Waals surface area contributed by atoms with Gasteiger partial charge in [0.2, 0.25) is 5.91 Å². The second kappa shape index (κ2) is 7.13. The van der Waals surface area contributed by atoms with Gasteiger partial charge in [-0.3, -0.25) is 4.79 Å². The molecule has 6 heteroatoms. The van der Waals surface area contributed by atoms with E-state index in [2.05, 4.69) is 17.2 Å². The van der Waals surface area contributed by atoms with E-state index in [9.17, 15) is 4.79 Å². The predicted molar refractivity (Wildman–Crippen MR) is 91.9 cm³/mol. The number of nitrogen functional groups attached to an aromatic ring is 1. The van der Waals surface area contributed by atoms with Gasteiger partial charge >= 0.3 is 0 Å². The molecule has 3 N–H and O–H groups in total. The zero-order chi connectivity index (χ0) is 15.4. The molecule has 0 aliphatic carbocycles. The summed E-state index contributed by atoms with van der Waals surface area (Å²) >= 11 is 3.08. The number of nitrogens with one attached hydrogen (secondary N) is 1. The molecule has 1 heterocycles. The molecule has 0 saturated carbocycles. The molecule has 1 amide bonds. The van der Waals surface area contributed by atoms with E-state index in [1.165, 1.54) is 11.8 Å². The van der Waals surface area contributed by atoms with Crippen LogP contribution in [0.4, 0.5) is 5.69 Å². The number of anilines is 1. The highest BCUT2D eigenvalue weighted by atomic mass is 32.2. The lowest BCUT2D eigenvalue weighted by atomic mass is 10.2. The number of fused-ring (bicyclic) bond motifs is 1. The van der Waals surface area contributed by atoms with Crippen molar-refractivity contribution in [2.75, 3.05) is 5.73 Å². The molecular weight excluding hydrogens is 302 g/mol. The van der Waals surface area contributed by atoms with Gasteiger partial charge in [-0.1, -0.05) is 25.1 Å². The number of rotatable bonds is 6. The fourth-order valence-electron chi connectivity index (χ4n) is 2.04. The van der Waals surface area contributed by atoms with E-state index in [-0.39, 0.29) is 17.2 Å². The first-order valence-corrected chi connectivity index (χ1v) is 8.82. The Morgan fingerprint density at radius 3 is 2.95 bits per heavy atom. The number of benzene rings is 1. The maximum absolute atomic E-state index is 12.1. The van der Waals surface area contributed by atoms with Gasteiger partial charge in [-0.15, -0.1) is 11.3 Å². The SMILES string of the molecule is CCCC(C)NC(=O)C(C)Sc1nc2ccc(N)cc2s1. The summed E-state index contributed by atoms with van der Waals surface area (Å²) in [5.74, 6) is 0.0692. The predicted octanol–water partition coefficient (Wildman–Crippen LogP) is 3.66. The molecule has 1 aromatic heterocycles. The summed E-state index contributed by atoms with van der Waals surface area (Å²) in [5.41, 5.74) is 7.45. The minimum Gasteiger partial charge on any atom is -0.399 e. The molecule has 2 aromatic rings. The smallest absolute Gasteiger partial charge is 0.233 e. The fraction of sp³-hybridized carbons (Fsp3) is 0.467. The third kappa shape index (κ3) is 4.35. The van der Waals surface area contributed by atoms with Gasteiger partial charge in [0.25, 0.3) is 0 Å². The molecule has 0 spiro atoms. The Morgan fingerprint density at radius 1 is 1.48 bits per heavy atom. The number of carbonyl (C=O) groups is 1. The Bertz CT molecular complexity index is 626. The third-order valence-electron chi connectivity index (χ3n) is 3.15. The quantitative estimate of drug-likeness (QED) is 0.629. The minimum atomic E-state index is -0.151. The summed E-state index contributed by atoms with van der Waals surface area (Å²) in [7, 11) is 0. The number of hydrogen-bond donors (Lipinski definition) is 2. The summed E-state index contributed by atoms with van der Waals surface area (Å²) in [6, 6.07) is 5.91. The Morgan fingerprint density at radius 2 is 2.24 bits per heavy atom. The van der Waals surface area contributed by atoms with Crippen molar-refractivity contribution in [2.45, 2.75) is 49.2 Å². The van der Waals surface area contributed by atoms with Crippen molar-refractivity contribution in [1.29, 1.82) is 0 Å². The van der Waals surface area contributed by atoms with Crippen LogP contribution >= 0.6 is 23.1 Å². The highest BCUT2D eigenvalue weighted by molar-refractivity contribution is 8.02. The first kappa shape index (κ1) is 16.1. The Labute approximate surface area is 133 Å². The number of amides is 1. The zero-order valence-electron chi connectivity index (χ0n) is 12.6. The van der Waals surface area contributed by atoms with Gasteiger partial charge in [-0.25, -0.2) is 4.98 Å². The summed E-state index contributed by atoms with van der Waals surface area (Å²) in [6.07, 6.45) is 2.08. The average Bonchev–Trinajstić information content (AvgIpc) is 2.80. The molecule has 0 radical (unpaired) electrons. The Hall–Kier alpha value is -1.27. The van der Waals surface area contributed by atoms with Crippen molar-refractivity contribution in [3.8, 4) is 0 Å². The van der Waals surface area contributed by atoms with E-state index < -0.39 is 0 Å². The number of thiazole rings is 1. The van der Waals surface area contributed by atoms with E-state index in [1.54, 1.807) is 11.3 Å².